The van der Waals surface area contributed by atoms with E-state index >= 15 is 0 Å². The van der Waals surface area contributed by atoms with Gasteiger partial charge in [-0.3, -0.25) is 0 Å². The van der Waals surface area contributed by atoms with Gasteiger partial charge in [-0.2, -0.15) is 0 Å². The van der Waals surface area contributed by atoms with E-state index < -0.39 is 0 Å². The maximum Gasteiger partial charge on any atom is 0.141 e. The Balaban J connectivity index is 2.34. The van der Waals surface area contributed by atoms with E-state index in [9.17, 15) is 4.39 Å². The summed E-state index contributed by atoms with van der Waals surface area (Å²) in [5.41, 5.74) is 1.04. The van der Waals surface area contributed by atoms with Crippen LogP contribution in [0.3, 0.4) is 0 Å². The van der Waals surface area contributed by atoms with E-state index in [1.165, 1.54) is 12.1 Å². The molecule has 0 saturated carbocycles. The summed E-state index contributed by atoms with van der Waals surface area (Å²) in [4.78, 5) is 0. The van der Waals surface area contributed by atoms with Crippen LogP contribution in [-0.2, 0) is 0 Å². The first-order valence-corrected chi connectivity index (χ1v) is 8.25. The summed E-state index contributed by atoms with van der Waals surface area (Å²) in [7, 11) is 0. The van der Waals surface area contributed by atoms with Crippen LogP contribution in [0.5, 0.6) is 11.5 Å². The van der Waals surface area contributed by atoms with Gasteiger partial charge >= 0.3 is 0 Å². The Labute approximate surface area is 141 Å². The van der Waals surface area contributed by atoms with E-state index in [2.05, 4.69) is 51.0 Å². The van der Waals surface area contributed by atoms with Crippen molar-refractivity contribution in [3.05, 3.63) is 56.7 Å². The van der Waals surface area contributed by atoms with Crippen LogP contribution in [0, 0.1) is 5.82 Å². The first kappa shape index (κ1) is 16.5. The molecule has 0 spiro atoms. The average Bonchev–Trinajstić information content (AvgIpc) is 2.43. The molecule has 0 heterocycles. The molecule has 2 aromatic rings. The molecule has 0 aliphatic carbocycles. The minimum Gasteiger partial charge on any atom is -0.456 e. The van der Waals surface area contributed by atoms with Gasteiger partial charge in [-0.1, -0.05) is 22.9 Å². The van der Waals surface area contributed by atoms with Crippen LogP contribution in [0.1, 0.15) is 25.5 Å². The number of ether oxygens (including phenoxy) is 1. The van der Waals surface area contributed by atoms with E-state index in [1.54, 1.807) is 6.07 Å². The molecule has 1 unspecified atom stereocenters. The SMILES string of the molecule is CCNC(C)c1cc(Br)ccc1Oc1ccc(F)cc1Br. The Hall–Kier alpha value is -0.910. The predicted octanol–water partition coefficient (Wildman–Crippen LogP) is 5.81. The number of hydrogen-bond acceptors (Lipinski definition) is 2. The zero-order valence-electron chi connectivity index (χ0n) is 11.8. The fourth-order valence-corrected chi connectivity index (χ4v) is 2.85. The number of hydrogen-bond donors (Lipinski definition) is 1. The van der Waals surface area contributed by atoms with Crippen molar-refractivity contribution in [3.8, 4) is 11.5 Å². The predicted molar refractivity (Wildman–Crippen MR) is 90.4 cm³/mol. The topological polar surface area (TPSA) is 21.3 Å². The highest BCUT2D eigenvalue weighted by atomic mass is 79.9. The molecule has 0 amide bonds. The Kier molecular flexibility index (Phi) is 5.79. The van der Waals surface area contributed by atoms with Crippen LogP contribution >= 0.6 is 31.9 Å². The van der Waals surface area contributed by atoms with Gasteiger partial charge in [-0.25, -0.2) is 4.39 Å². The van der Waals surface area contributed by atoms with E-state index in [1.807, 2.05) is 18.2 Å². The van der Waals surface area contributed by atoms with Gasteiger partial charge in [0.1, 0.15) is 17.3 Å². The van der Waals surface area contributed by atoms with Gasteiger partial charge in [0.05, 0.1) is 4.47 Å². The van der Waals surface area contributed by atoms with Crippen molar-refractivity contribution in [3.63, 3.8) is 0 Å². The van der Waals surface area contributed by atoms with E-state index in [-0.39, 0.29) is 11.9 Å². The van der Waals surface area contributed by atoms with E-state index in [0.717, 1.165) is 22.3 Å². The second-order valence-corrected chi connectivity index (χ2v) is 6.41. The largest absolute Gasteiger partial charge is 0.456 e. The summed E-state index contributed by atoms with van der Waals surface area (Å²) < 4.78 is 20.7. The molecule has 5 heteroatoms. The molecule has 1 atom stereocenters. The lowest BCUT2D eigenvalue weighted by atomic mass is 10.1. The number of halogens is 3. The fraction of sp³-hybridized carbons (Fsp3) is 0.250. The monoisotopic (exact) mass is 415 g/mol. The molecule has 1 N–H and O–H groups in total. The summed E-state index contributed by atoms with van der Waals surface area (Å²) in [6, 6.07) is 10.4. The molecule has 21 heavy (non-hydrogen) atoms. The third-order valence-electron chi connectivity index (χ3n) is 3.06. The lowest BCUT2D eigenvalue weighted by Gasteiger charge is -2.18. The highest BCUT2D eigenvalue weighted by molar-refractivity contribution is 9.10. The van der Waals surface area contributed by atoms with Gasteiger partial charge in [0.2, 0.25) is 0 Å². The molecule has 0 aliphatic heterocycles. The molecule has 0 fully saturated rings. The van der Waals surface area contributed by atoms with Crippen LogP contribution in [0.25, 0.3) is 0 Å². The summed E-state index contributed by atoms with van der Waals surface area (Å²) in [5, 5.41) is 3.37. The second-order valence-electron chi connectivity index (χ2n) is 4.64. The molecule has 0 aliphatic rings. The molecule has 0 radical (unpaired) electrons. The fourth-order valence-electron chi connectivity index (χ4n) is 2.04. The lowest BCUT2D eigenvalue weighted by molar-refractivity contribution is 0.458. The highest BCUT2D eigenvalue weighted by Crippen LogP contribution is 2.35. The first-order chi connectivity index (χ1) is 10.0. The van der Waals surface area contributed by atoms with Gasteiger partial charge < -0.3 is 10.1 Å². The maximum absolute atomic E-state index is 13.1. The van der Waals surface area contributed by atoms with Crippen LogP contribution < -0.4 is 10.1 Å². The van der Waals surface area contributed by atoms with Crippen molar-refractivity contribution in [1.82, 2.24) is 5.32 Å². The van der Waals surface area contributed by atoms with Crippen LogP contribution in [0.4, 0.5) is 4.39 Å². The first-order valence-electron chi connectivity index (χ1n) is 6.67. The lowest BCUT2D eigenvalue weighted by Crippen LogP contribution is -2.18. The zero-order chi connectivity index (χ0) is 15.4. The molecule has 2 aromatic carbocycles. The van der Waals surface area contributed by atoms with E-state index in [0.29, 0.717) is 10.2 Å². The Bertz CT molecular complexity index is 634. The molecule has 0 aromatic heterocycles. The van der Waals surface area contributed by atoms with Crippen molar-refractivity contribution < 1.29 is 9.13 Å². The Morgan fingerprint density at radius 2 is 1.86 bits per heavy atom. The molecule has 2 nitrogen and oxygen atoms in total. The smallest absolute Gasteiger partial charge is 0.141 e. The van der Waals surface area contributed by atoms with Gasteiger partial charge in [-0.15, -0.1) is 0 Å². The van der Waals surface area contributed by atoms with Crippen LogP contribution in [0.15, 0.2) is 45.3 Å². The zero-order valence-corrected chi connectivity index (χ0v) is 15.0. The standard InChI is InChI=1S/C16H16Br2FNO/c1-3-20-10(2)13-8-11(17)4-6-15(13)21-16-7-5-12(19)9-14(16)18/h4-10,20H,3H2,1-2H3. The normalized spacial score (nSPS) is 12.2. The van der Waals surface area contributed by atoms with Gasteiger partial charge in [0.15, 0.2) is 0 Å². The molecule has 0 bridgehead atoms. The molecular formula is C16H16Br2FNO. The Morgan fingerprint density at radius 3 is 2.52 bits per heavy atom. The number of nitrogens with one attached hydrogen (secondary N) is 1. The quantitative estimate of drug-likeness (QED) is 0.663. The van der Waals surface area contributed by atoms with Gasteiger partial charge in [0, 0.05) is 16.1 Å². The van der Waals surface area contributed by atoms with Crippen molar-refractivity contribution in [2.45, 2.75) is 19.9 Å². The third kappa shape index (κ3) is 4.28. The van der Waals surface area contributed by atoms with Crippen molar-refractivity contribution in [2.75, 3.05) is 6.54 Å². The minimum atomic E-state index is -0.300. The van der Waals surface area contributed by atoms with Gasteiger partial charge in [0.25, 0.3) is 0 Å². The van der Waals surface area contributed by atoms with Crippen molar-refractivity contribution in [2.24, 2.45) is 0 Å². The molecule has 112 valence electrons. The van der Waals surface area contributed by atoms with Crippen LogP contribution in [0.2, 0.25) is 0 Å². The molecule has 2 rings (SSSR count). The number of rotatable bonds is 5. The highest BCUT2D eigenvalue weighted by Gasteiger charge is 2.13. The Morgan fingerprint density at radius 1 is 1.14 bits per heavy atom. The van der Waals surface area contributed by atoms with Gasteiger partial charge in [-0.05, 0) is 65.8 Å². The van der Waals surface area contributed by atoms with Crippen molar-refractivity contribution >= 4 is 31.9 Å². The molecular weight excluding hydrogens is 401 g/mol. The summed E-state index contributed by atoms with van der Waals surface area (Å²) in [6.45, 7) is 5.01. The third-order valence-corrected chi connectivity index (χ3v) is 4.18. The second kappa shape index (κ2) is 7.38. The number of benzene rings is 2. The summed E-state index contributed by atoms with van der Waals surface area (Å²) >= 11 is 6.80. The summed E-state index contributed by atoms with van der Waals surface area (Å²) in [6.07, 6.45) is 0. The minimum absolute atomic E-state index is 0.154. The van der Waals surface area contributed by atoms with Crippen molar-refractivity contribution in [1.29, 1.82) is 0 Å². The van der Waals surface area contributed by atoms with E-state index in [4.69, 9.17) is 4.74 Å². The average molecular weight is 417 g/mol. The maximum atomic E-state index is 13.1. The summed E-state index contributed by atoms with van der Waals surface area (Å²) in [5.74, 6) is 1.04. The molecule has 0 saturated heterocycles. The van der Waals surface area contributed by atoms with Crippen LogP contribution in [-0.4, -0.2) is 6.54 Å².